The molecule has 1 aliphatic rings. The molecule has 0 aromatic carbocycles. The Morgan fingerprint density at radius 3 is 2.59 bits per heavy atom. The number of nitrogens with one attached hydrogen (secondary N) is 1. The lowest BCUT2D eigenvalue weighted by Gasteiger charge is -2.18. The van der Waals surface area contributed by atoms with E-state index in [2.05, 4.69) is 38.0 Å². The molecular weight excluding hydrogens is 340 g/mol. The van der Waals surface area contributed by atoms with Crippen LogP contribution in [0.4, 0.5) is 0 Å². The maximum atomic E-state index is 12.7. The average molecular weight is 377 g/mol. The van der Waals surface area contributed by atoms with E-state index in [4.69, 9.17) is 0 Å². The molecule has 1 aromatic rings. The van der Waals surface area contributed by atoms with E-state index in [1.807, 2.05) is 23.4 Å². The highest BCUT2D eigenvalue weighted by atomic mass is 16.2. The number of nitrogens with zero attached hydrogens (tertiary/aromatic N) is 3. The van der Waals surface area contributed by atoms with Crippen LogP contribution in [0.5, 0.6) is 0 Å². The van der Waals surface area contributed by atoms with Gasteiger partial charge in [-0.2, -0.15) is 0 Å². The second-order valence-electron chi connectivity index (χ2n) is 9.25. The van der Waals surface area contributed by atoms with Crippen LogP contribution in [0.1, 0.15) is 69.7 Å². The third kappa shape index (κ3) is 6.08. The first-order valence-corrected chi connectivity index (χ1v) is 10.1. The molecule has 0 saturated carbocycles. The number of carbonyl (C=O) groups is 2. The number of hydrogen-bond acceptors (Lipinski definition) is 3. The molecule has 2 atom stereocenters. The van der Waals surface area contributed by atoms with E-state index in [-0.39, 0.29) is 17.2 Å². The summed E-state index contributed by atoms with van der Waals surface area (Å²) < 4.78 is 1.85. The molecule has 0 bridgehead atoms. The summed E-state index contributed by atoms with van der Waals surface area (Å²) >= 11 is 0. The molecule has 1 aliphatic heterocycles. The largest absolute Gasteiger partial charge is 0.356 e. The fraction of sp³-hybridized carbons (Fsp3) is 0.762. The number of aromatic nitrogens is 2. The Balaban J connectivity index is 1.74. The molecule has 0 aliphatic carbocycles. The summed E-state index contributed by atoms with van der Waals surface area (Å²) in [6, 6.07) is 0. The van der Waals surface area contributed by atoms with Crippen molar-refractivity contribution in [3.8, 4) is 0 Å². The molecule has 0 radical (unpaired) electrons. The molecule has 0 spiro atoms. The zero-order valence-corrected chi connectivity index (χ0v) is 17.8. The molecule has 6 heteroatoms. The molecule has 1 saturated heterocycles. The lowest BCUT2D eigenvalue weighted by atomic mass is 9.90. The third-order valence-electron chi connectivity index (χ3n) is 5.66. The molecule has 152 valence electrons. The van der Waals surface area contributed by atoms with Crippen LogP contribution in [0.2, 0.25) is 0 Å². The van der Waals surface area contributed by atoms with Crippen LogP contribution in [-0.4, -0.2) is 45.9 Å². The van der Waals surface area contributed by atoms with Gasteiger partial charge in [0.2, 0.25) is 5.91 Å². The highest BCUT2D eigenvalue weighted by molar-refractivity contribution is 5.92. The van der Waals surface area contributed by atoms with Gasteiger partial charge in [-0.05, 0) is 43.4 Å². The Kier molecular flexibility index (Phi) is 7.06. The number of aryl methyl sites for hydroxylation is 1. The smallest absolute Gasteiger partial charge is 0.272 e. The van der Waals surface area contributed by atoms with Gasteiger partial charge in [0.25, 0.3) is 5.91 Å². The van der Waals surface area contributed by atoms with Crippen LogP contribution in [0.25, 0.3) is 0 Å². The summed E-state index contributed by atoms with van der Waals surface area (Å²) in [6.45, 7) is 12.9. The van der Waals surface area contributed by atoms with Gasteiger partial charge in [-0.25, -0.2) is 4.98 Å². The molecule has 0 unspecified atom stereocenters. The van der Waals surface area contributed by atoms with Gasteiger partial charge in [0, 0.05) is 33.1 Å². The Morgan fingerprint density at radius 1 is 1.30 bits per heavy atom. The van der Waals surface area contributed by atoms with Crippen LogP contribution in [0.3, 0.4) is 0 Å². The topological polar surface area (TPSA) is 67.2 Å². The van der Waals surface area contributed by atoms with Crippen LogP contribution >= 0.6 is 0 Å². The Hall–Kier alpha value is -1.85. The number of likely N-dealkylation sites (tertiary alicyclic amines) is 1. The molecular formula is C21H36N4O2. The Bertz CT molecular complexity index is 660. The summed E-state index contributed by atoms with van der Waals surface area (Å²) in [5.74, 6) is 1.91. The monoisotopic (exact) mass is 376 g/mol. The number of carbonyl (C=O) groups excluding carboxylic acids is 2. The zero-order chi connectivity index (χ0) is 20.2. The van der Waals surface area contributed by atoms with Crippen molar-refractivity contribution in [2.75, 3.05) is 19.6 Å². The first-order chi connectivity index (χ1) is 12.6. The van der Waals surface area contributed by atoms with Crippen molar-refractivity contribution in [3.63, 3.8) is 0 Å². The maximum Gasteiger partial charge on any atom is 0.272 e. The fourth-order valence-corrected chi connectivity index (χ4v) is 3.70. The lowest BCUT2D eigenvalue weighted by Crippen LogP contribution is -2.31. The predicted octanol–water partition coefficient (Wildman–Crippen LogP) is 3.16. The molecule has 27 heavy (non-hydrogen) atoms. The van der Waals surface area contributed by atoms with Gasteiger partial charge < -0.3 is 14.8 Å². The standard InChI is InChI=1S/C21H36N4O2/c1-15-13-25(20(27)18-12-23-16(2)24(18)6)14-17(15)9-11-22-19(26)8-7-10-21(3,4)5/h12,15,17H,7-11,13-14H2,1-6H3,(H,22,26)/t15-,17-/m1/s1. The van der Waals surface area contributed by atoms with Crippen molar-refractivity contribution in [2.45, 2.75) is 60.3 Å². The summed E-state index contributed by atoms with van der Waals surface area (Å²) in [4.78, 5) is 30.9. The van der Waals surface area contributed by atoms with Gasteiger partial charge in [0.05, 0.1) is 6.20 Å². The van der Waals surface area contributed by atoms with Crippen molar-refractivity contribution < 1.29 is 9.59 Å². The summed E-state index contributed by atoms with van der Waals surface area (Å²) in [5, 5.41) is 3.05. The number of rotatable bonds is 7. The summed E-state index contributed by atoms with van der Waals surface area (Å²) in [5.41, 5.74) is 0.926. The van der Waals surface area contributed by atoms with Crippen molar-refractivity contribution in [3.05, 3.63) is 17.7 Å². The third-order valence-corrected chi connectivity index (χ3v) is 5.66. The van der Waals surface area contributed by atoms with E-state index in [0.29, 0.717) is 30.5 Å². The van der Waals surface area contributed by atoms with Crippen LogP contribution in [-0.2, 0) is 11.8 Å². The first-order valence-electron chi connectivity index (χ1n) is 10.1. The van der Waals surface area contributed by atoms with Gasteiger partial charge in [0.1, 0.15) is 11.5 Å². The minimum Gasteiger partial charge on any atom is -0.356 e. The molecule has 6 nitrogen and oxygen atoms in total. The summed E-state index contributed by atoms with van der Waals surface area (Å²) in [7, 11) is 1.88. The van der Waals surface area contributed by atoms with Crippen molar-refractivity contribution in [1.29, 1.82) is 0 Å². The maximum absolute atomic E-state index is 12.7. The minimum absolute atomic E-state index is 0.0543. The Morgan fingerprint density at radius 2 is 2.00 bits per heavy atom. The van der Waals surface area contributed by atoms with Gasteiger partial charge >= 0.3 is 0 Å². The quantitative estimate of drug-likeness (QED) is 0.795. The predicted molar refractivity (Wildman–Crippen MR) is 107 cm³/mol. The van der Waals surface area contributed by atoms with E-state index in [1.54, 1.807) is 6.20 Å². The number of amides is 2. The number of imidazole rings is 1. The van der Waals surface area contributed by atoms with Crippen molar-refractivity contribution >= 4 is 11.8 Å². The second-order valence-corrected chi connectivity index (χ2v) is 9.25. The molecule has 1 fully saturated rings. The molecule has 2 heterocycles. The molecule has 1 aromatic heterocycles. The average Bonchev–Trinajstić information content (AvgIpc) is 3.09. The minimum atomic E-state index is 0.0543. The lowest BCUT2D eigenvalue weighted by molar-refractivity contribution is -0.121. The van der Waals surface area contributed by atoms with Crippen molar-refractivity contribution in [1.82, 2.24) is 19.8 Å². The molecule has 2 amide bonds. The second kappa shape index (κ2) is 8.89. The van der Waals surface area contributed by atoms with Gasteiger partial charge in [0.15, 0.2) is 0 Å². The Labute approximate surface area is 163 Å². The van der Waals surface area contributed by atoms with E-state index in [1.165, 1.54) is 0 Å². The SMILES string of the molecule is Cc1ncc(C(=O)N2C[C@@H](CCNC(=O)CCCC(C)(C)C)[C@H](C)C2)n1C. The van der Waals surface area contributed by atoms with E-state index in [9.17, 15) is 9.59 Å². The zero-order valence-electron chi connectivity index (χ0n) is 17.8. The van der Waals surface area contributed by atoms with E-state index < -0.39 is 0 Å². The first kappa shape index (κ1) is 21.5. The molecule has 2 rings (SSSR count). The molecule has 1 N–H and O–H groups in total. The van der Waals surface area contributed by atoms with Crippen LogP contribution in [0, 0.1) is 24.2 Å². The van der Waals surface area contributed by atoms with Gasteiger partial charge in [-0.3, -0.25) is 9.59 Å². The van der Waals surface area contributed by atoms with E-state index in [0.717, 1.165) is 38.2 Å². The van der Waals surface area contributed by atoms with Crippen LogP contribution < -0.4 is 5.32 Å². The van der Waals surface area contributed by atoms with Crippen LogP contribution in [0.15, 0.2) is 6.20 Å². The van der Waals surface area contributed by atoms with Gasteiger partial charge in [-0.15, -0.1) is 0 Å². The number of hydrogen-bond donors (Lipinski definition) is 1. The fourth-order valence-electron chi connectivity index (χ4n) is 3.70. The highest BCUT2D eigenvalue weighted by Gasteiger charge is 2.33. The van der Waals surface area contributed by atoms with E-state index >= 15 is 0 Å². The van der Waals surface area contributed by atoms with Crippen molar-refractivity contribution in [2.24, 2.45) is 24.3 Å². The van der Waals surface area contributed by atoms with Gasteiger partial charge in [-0.1, -0.05) is 27.7 Å². The highest BCUT2D eigenvalue weighted by Crippen LogP contribution is 2.27. The normalized spacial score (nSPS) is 20.1. The summed E-state index contributed by atoms with van der Waals surface area (Å²) in [6.07, 6.45) is 5.17.